The highest BCUT2D eigenvalue weighted by atomic mass is 16.5. The van der Waals surface area contributed by atoms with E-state index in [-0.39, 0.29) is 6.03 Å². The van der Waals surface area contributed by atoms with E-state index in [1.807, 2.05) is 24.3 Å². The fourth-order valence-corrected chi connectivity index (χ4v) is 2.32. The summed E-state index contributed by atoms with van der Waals surface area (Å²) in [5.41, 5.74) is 1.05. The molecule has 0 saturated carbocycles. The molecule has 2 amide bonds. The molecule has 1 saturated heterocycles. The minimum absolute atomic E-state index is 0.127. The van der Waals surface area contributed by atoms with E-state index in [1.54, 1.807) is 7.11 Å². The van der Waals surface area contributed by atoms with Gasteiger partial charge in [-0.05, 0) is 30.7 Å². The second-order valence-electron chi connectivity index (χ2n) is 5.27. The number of ether oxygens (including phenoxy) is 2. The molecule has 2 rings (SSSR count). The number of nitrogens with one attached hydrogen (secondary N) is 2. The molecule has 1 aromatic rings. The van der Waals surface area contributed by atoms with E-state index in [1.165, 1.54) is 0 Å². The zero-order chi connectivity index (χ0) is 15.6. The van der Waals surface area contributed by atoms with Gasteiger partial charge in [0.15, 0.2) is 0 Å². The van der Waals surface area contributed by atoms with Crippen LogP contribution < -0.4 is 15.4 Å². The molecule has 6 heteroatoms. The fourth-order valence-electron chi connectivity index (χ4n) is 2.32. The van der Waals surface area contributed by atoms with Gasteiger partial charge in [-0.1, -0.05) is 12.1 Å². The third kappa shape index (κ3) is 5.91. The van der Waals surface area contributed by atoms with Crippen LogP contribution in [0.3, 0.4) is 0 Å². The van der Waals surface area contributed by atoms with Crippen molar-refractivity contribution in [2.75, 3.05) is 46.5 Å². The van der Waals surface area contributed by atoms with E-state index >= 15 is 0 Å². The van der Waals surface area contributed by atoms with E-state index < -0.39 is 0 Å². The van der Waals surface area contributed by atoms with Crippen LogP contribution >= 0.6 is 0 Å². The number of nitrogens with zero attached hydrogens (tertiary/aromatic N) is 1. The van der Waals surface area contributed by atoms with Gasteiger partial charge in [0.2, 0.25) is 0 Å². The molecular formula is C16H25N3O3. The van der Waals surface area contributed by atoms with Gasteiger partial charge in [-0.25, -0.2) is 4.79 Å². The standard InChI is InChI=1S/C16H25N3O3/c1-21-15-5-3-14(4-6-15)13-18-16(20)17-7-2-8-19-9-11-22-12-10-19/h3-6H,2,7-13H2,1H3,(H2,17,18,20). The van der Waals surface area contributed by atoms with Gasteiger partial charge in [0.05, 0.1) is 20.3 Å². The summed E-state index contributed by atoms with van der Waals surface area (Å²) in [5.74, 6) is 0.816. The van der Waals surface area contributed by atoms with Gasteiger partial charge >= 0.3 is 6.03 Å². The zero-order valence-corrected chi connectivity index (χ0v) is 13.1. The minimum atomic E-state index is -0.127. The Hall–Kier alpha value is -1.79. The average Bonchev–Trinajstić information content (AvgIpc) is 2.58. The van der Waals surface area contributed by atoms with Crippen LogP contribution in [0.2, 0.25) is 0 Å². The number of urea groups is 1. The number of methoxy groups -OCH3 is 1. The molecule has 122 valence electrons. The van der Waals surface area contributed by atoms with E-state index in [0.29, 0.717) is 13.1 Å². The second kappa shape index (κ2) is 9.27. The number of hydrogen-bond donors (Lipinski definition) is 2. The molecule has 22 heavy (non-hydrogen) atoms. The Balaban J connectivity index is 1.55. The predicted octanol–water partition coefficient (Wildman–Crippen LogP) is 1.22. The number of benzene rings is 1. The highest BCUT2D eigenvalue weighted by molar-refractivity contribution is 5.73. The summed E-state index contributed by atoms with van der Waals surface area (Å²) in [6.07, 6.45) is 0.954. The number of rotatable bonds is 7. The van der Waals surface area contributed by atoms with Crippen LogP contribution in [0.25, 0.3) is 0 Å². The monoisotopic (exact) mass is 307 g/mol. The Morgan fingerprint density at radius 2 is 1.95 bits per heavy atom. The number of morpholine rings is 1. The number of carbonyl (C=O) groups excluding carboxylic acids is 1. The van der Waals surface area contributed by atoms with Gasteiger partial charge in [-0.2, -0.15) is 0 Å². The van der Waals surface area contributed by atoms with Crippen LogP contribution in [0.4, 0.5) is 4.79 Å². The molecule has 1 aliphatic heterocycles. The number of hydrogen-bond acceptors (Lipinski definition) is 4. The summed E-state index contributed by atoms with van der Waals surface area (Å²) in [6.45, 7) is 5.81. The Kier molecular flexibility index (Phi) is 6.99. The molecule has 6 nitrogen and oxygen atoms in total. The molecule has 0 bridgehead atoms. The molecule has 1 aliphatic rings. The largest absolute Gasteiger partial charge is 0.497 e. The number of carbonyl (C=O) groups is 1. The lowest BCUT2D eigenvalue weighted by atomic mass is 10.2. The highest BCUT2D eigenvalue weighted by Crippen LogP contribution is 2.10. The third-order valence-electron chi connectivity index (χ3n) is 3.65. The maximum Gasteiger partial charge on any atom is 0.315 e. The molecule has 0 unspecified atom stereocenters. The molecule has 0 radical (unpaired) electrons. The smallest absolute Gasteiger partial charge is 0.315 e. The highest BCUT2D eigenvalue weighted by Gasteiger charge is 2.09. The molecule has 0 spiro atoms. The Labute approximate surface area is 131 Å². The Morgan fingerprint density at radius 3 is 2.64 bits per heavy atom. The van der Waals surface area contributed by atoms with E-state index in [2.05, 4.69) is 15.5 Å². The predicted molar refractivity (Wildman–Crippen MR) is 85.1 cm³/mol. The zero-order valence-electron chi connectivity index (χ0n) is 13.1. The Morgan fingerprint density at radius 1 is 1.23 bits per heavy atom. The van der Waals surface area contributed by atoms with E-state index in [9.17, 15) is 4.79 Å². The molecule has 0 aliphatic carbocycles. The fraction of sp³-hybridized carbons (Fsp3) is 0.562. The lowest BCUT2D eigenvalue weighted by molar-refractivity contribution is 0.0375. The van der Waals surface area contributed by atoms with Crippen molar-refractivity contribution in [1.82, 2.24) is 15.5 Å². The molecule has 1 fully saturated rings. The molecule has 1 heterocycles. The van der Waals surface area contributed by atoms with Gasteiger partial charge in [0.1, 0.15) is 5.75 Å². The maximum atomic E-state index is 11.7. The van der Waals surface area contributed by atoms with Crippen molar-refractivity contribution in [3.05, 3.63) is 29.8 Å². The average molecular weight is 307 g/mol. The quantitative estimate of drug-likeness (QED) is 0.744. The third-order valence-corrected chi connectivity index (χ3v) is 3.65. The van der Waals surface area contributed by atoms with Crippen LogP contribution in [0.15, 0.2) is 24.3 Å². The molecule has 0 atom stereocenters. The summed E-state index contributed by atoms with van der Waals surface area (Å²) >= 11 is 0. The van der Waals surface area contributed by atoms with Crippen molar-refractivity contribution < 1.29 is 14.3 Å². The van der Waals surface area contributed by atoms with Crippen LogP contribution in [0.1, 0.15) is 12.0 Å². The Bertz CT molecular complexity index is 444. The van der Waals surface area contributed by atoms with Crippen molar-refractivity contribution in [3.8, 4) is 5.75 Å². The molecule has 0 aromatic heterocycles. The molecular weight excluding hydrogens is 282 g/mol. The first kappa shape index (κ1) is 16.6. The number of amides is 2. The van der Waals surface area contributed by atoms with Gasteiger partial charge in [0, 0.05) is 26.2 Å². The summed E-state index contributed by atoms with van der Waals surface area (Å²) in [4.78, 5) is 14.1. The lowest BCUT2D eigenvalue weighted by Crippen LogP contribution is -2.39. The lowest BCUT2D eigenvalue weighted by Gasteiger charge is -2.26. The van der Waals surface area contributed by atoms with E-state index in [4.69, 9.17) is 9.47 Å². The second-order valence-corrected chi connectivity index (χ2v) is 5.27. The topological polar surface area (TPSA) is 62.8 Å². The molecule has 1 aromatic carbocycles. The van der Waals surface area contributed by atoms with Crippen LogP contribution in [-0.4, -0.2) is 57.4 Å². The van der Waals surface area contributed by atoms with Gasteiger partial charge in [-0.15, -0.1) is 0 Å². The van der Waals surface area contributed by atoms with Crippen LogP contribution in [-0.2, 0) is 11.3 Å². The van der Waals surface area contributed by atoms with E-state index in [0.717, 1.165) is 50.6 Å². The first-order chi connectivity index (χ1) is 10.8. The summed E-state index contributed by atoms with van der Waals surface area (Å²) in [7, 11) is 1.64. The van der Waals surface area contributed by atoms with Crippen molar-refractivity contribution in [3.63, 3.8) is 0 Å². The van der Waals surface area contributed by atoms with Crippen molar-refractivity contribution in [1.29, 1.82) is 0 Å². The van der Waals surface area contributed by atoms with Crippen molar-refractivity contribution >= 4 is 6.03 Å². The van der Waals surface area contributed by atoms with Crippen molar-refractivity contribution in [2.24, 2.45) is 0 Å². The van der Waals surface area contributed by atoms with Crippen molar-refractivity contribution in [2.45, 2.75) is 13.0 Å². The molecule has 2 N–H and O–H groups in total. The van der Waals surface area contributed by atoms with Gasteiger partial charge in [-0.3, -0.25) is 4.90 Å². The summed E-state index contributed by atoms with van der Waals surface area (Å²) in [5, 5.41) is 5.73. The van der Waals surface area contributed by atoms with Crippen LogP contribution in [0, 0.1) is 0 Å². The normalized spacial score (nSPS) is 15.3. The maximum absolute atomic E-state index is 11.7. The first-order valence-corrected chi connectivity index (χ1v) is 7.72. The van der Waals surface area contributed by atoms with Gasteiger partial charge < -0.3 is 20.1 Å². The van der Waals surface area contributed by atoms with Crippen LogP contribution in [0.5, 0.6) is 5.75 Å². The van der Waals surface area contributed by atoms with Gasteiger partial charge in [0.25, 0.3) is 0 Å². The summed E-state index contributed by atoms with van der Waals surface area (Å²) in [6, 6.07) is 7.53. The SMILES string of the molecule is COc1ccc(CNC(=O)NCCCN2CCOCC2)cc1. The first-order valence-electron chi connectivity index (χ1n) is 7.72. The summed E-state index contributed by atoms with van der Waals surface area (Å²) < 4.78 is 10.4. The minimum Gasteiger partial charge on any atom is -0.497 e.